The molecular weight excluding hydrogens is 458 g/mol. The maximum atomic E-state index is 12.6. The predicted molar refractivity (Wildman–Crippen MR) is 140 cm³/mol. The van der Waals surface area contributed by atoms with E-state index in [1.54, 1.807) is 6.20 Å². The van der Waals surface area contributed by atoms with E-state index in [1.807, 2.05) is 24.1 Å². The van der Waals surface area contributed by atoms with Crippen molar-refractivity contribution in [1.82, 2.24) is 25.1 Å². The molecule has 2 aromatic rings. The number of amides is 2. The van der Waals surface area contributed by atoms with Crippen LogP contribution in [0.4, 0.5) is 16.2 Å². The molecule has 2 N–H and O–H groups in total. The maximum Gasteiger partial charge on any atom is 0.321 e. The van der Waals surface area contributed by atoms with Crippen LogP contribution in [0.5, 0.6) is 5.88 Å². The number of hydrogen-bond donors (Lipinski definition) is 2. The molecule has 0 spiro atoms. The van der Waals surface area contributed by atoms with Gasteiger partial charge in [-0.15, -0.1) is 0 Å². The summed E-state index contributed by atoms with van der Waals surface area (Å²) in [7, 11) is 0. The first-order valence-corrected chi connectivity index (χ1v) is 13.1. The lowest BCUT2D eigenvalue weighted by atomic mass is 10.0. The molecule has 0 unspecified atom stereocenters. The minimum absolute atomic E-state index is 0.0653. The zero-order valence-corrected chi connectivity index (χ0v) is 21.2. The number of pyridine rings is 2. The Bertz CT molecular complexity index is 1030. The van der Waals surface area contributed by atoms with Crippen LogP contribution in [0, 0.1) is 6.92 Å². The Kier molecular flexibility index (Phi) is 8.15. The van der Waals surface area contributed by atoms with Gasteiger partial charge in [-0.2, -0.15) is 0 Å². The third-order valence-electron chi connectivity index (χ3n) is 7.08. The number of aromatic nitrogens is 2. The van der Waals surface area contributed by atoms with Gasteiger partial charge in [0.15, 0.2) is 0 Å². The van der Waals surface area contributed by atoms with Crippen molar-refractivity contribution in [3.8, 4) is 17.0 Å². The van der Waals surface area contributed by atoms with Crippen molar-refractivity contribution < 1.29 is 14.3 Å². The van der Waals surface area contributed by atoms with Crippen molar-refractivity contribution in [2.45, 2.75) is 19.8 Å². The van der Waals surface area contributed by atoms with Gasteiger partial charge in [0.1, 0.15) is 12.3 Å². The van der Waals surface area contributed by atoms with Gasteiger partial charge in [-0.3, -0.25) is 9.88 Å². The van der Waals surface area contributed by atoms with E-state index in [9.17, 15) is 4.79 Å². The smallest absolute Gasteiger partial charge is 0.321 e. The molecule has 3 fully saturated rings. The predicted octanol–water partition coefficient (Wildman–Crippen LogP) is 2.20. The van der Waals surface area contributed by atoms with E-state index >= 15 is 0 Å². The Morgan fingerprint density at radius 2 is 1.83 bits per heavy atom. The summed E-state index contributed by atoms with van der Waals surface area (Å²) in [4.78, 5) is 28.5. The number of ether oxygens (including phenoxy) is 2. The lowest BCUT2D eigenvalue weighted by Crippen LogP contribution is -2.45. The maximum absolute atomic E-state index is 12.6. The van der Waals surface area contributed by atoms with Crippen molar-refractivity contribution in [3.05, 3.63) is 30.2 Å². The van der Waals surface area contributed by atoms with Crippen molar-refractivity contribution >= 4 is 17.4 Å². The molecule has 3 aliphatic heterocycles. The van der Waals surface area contributed by atoms with Crippen LogP contribution in [0.25, 0.3) is 11.1 Å². The average Bonchev–Trinajstić information content (AvgIpc) is 3.47. The second-order valence-corrected chi connectivity index (χ2v) is 9.57. The highest BCUT2D eigenvalue weighted by atomic mass is 16.5. The lowest BCUT2D eigenvalue weighted by Gasteiger charge is -2.31. The summed E-state index contributed by atoms with van der Waals surface area (Å²) in [6.45, 7) is 12.2. The largest absolute Gasteiger partial charge is 0.475 e. The van der Waals surface area contributed by atoms with Crippen LogP contribution in [-0.2, 0) is 4.74 Å². The molecule has 194 valence electrons. The van der Waals surface area contributed by atoms with Crippen molar-refractivity contribution in [2.75, 3.05) is 88.9 Å². The van der Waals surface area contributed by atoms with Crippen molar-refractivity contribution in [1.29, 1.82) is 0 Å². The molecule has 0 bridgehead atoms. The summed E-state index contributed by atoms with van der Waals surface area (Å²) in [5.74, 6) is 0.653. The molecule has 5 heterocycles. The first-order chi connectivity index (χ1) is 17.7. The van der Waals surface area contributed by atoms with Gasteiger partial charge in [-0.1, -0.05) is 0 Å². The molecule has 2 aromatic heterocycles. The minimum atomic E-state index is -0.0653. The quantitative estimate of drug-likeness (QED) is 0.604. The second kappa shape index (κ2) is 11.9. The summed E-state index contributed by atoms with van der Waals surface area (Å²) in [5, 5.41) is 6.40. The molecule has 3 saturated heterocycles. The molecule has 10 heteroatoms. The Balaban J connectivity index is 1.35. The summed E-state index contributed by atoms with van der Waals surface area (Å²) >= 11 is 0. The Morgan fingerprint density at radius 3 is 2.61 bits per heavy atom. The van der Waals surface area contributed by atoms with Crippen LogP contribution in [0.2, 0.25) is 0 Å². The number of piperazine rings is 1. The number of carbonyl (C=O) groups is 1. The number of morpholine rings is 1. The number of urea groups is 1. The number of likely N-dealkylation sites (tertiary alicyclic amines) is 1. The van der Waals surface area contributed by atoms with Crippen molar-refractivity contribution in [3.63, 3.8) is 0 Å². The third kappa shape index (κ3) is 6.05. The minimum Gasteiger partial charge on any atom is -0.475 e. The van der Waals surface area contributed by atoms with Gasteiger partial charge in [0.2, 0.25) is 5.88 Å². The third-order valence-corrected chi connectivity index (χ3v) is 7.08. The highest BCUT2D eigenvalue weighted by molar-refractivity contribution is 5.90. The van der Waals surface area contributed by atoms with E-state index in [-0.39, 0.29) is 6.03 Å². The lowest BCUT2D eigenvalue weighted by molar-refractivity contribution is 0.122. The number of carbonyl (C=O) groups excluding carboxylic acids is 1. The van der Waals surface area contributed by atoms with Crippen LogP contribution in [0.1, 0.15) is 18.5 Å². The number of anilines is 2. The van der Waals surface area contributed by atoms with Crippen LogP contribution in [-0.4, -0.2) is 105 Å². The molecule has 10 nitrogen and oxygen atoms in total. The SMILES string of the molecule is Cc1ncc(NC(=O)N2CCCC2)cc1-c1cnc(OCCN2CCNCC2)c(N2CCOCC2)c1. The van der Waals surface area contributed by atoms with E-state index in [0.29, 0.717) is 31.4 Å². The van der Waals surface area contributed by atoms with Gasteiger partial charge in [0, 0.05) is 81.9 Å². The van der Waals surface area contributed by atoms with E-state index < -0.39 is 0 Å². The van der Waals surface area contributed by atoms with Gasteiger partial charge < -0.3 is 29.9 Å². The molecule has 0 saturated carbocycles. The Morgan fingerprint density at radius 1 is 1.06 bits per heavy atom. The van der Waals surface area contributed by atoms with Gasteiger partial charge in [0.05, 0.1) is 25.1 Å². The summed E-state index contributed by atoms with van der Waals surface area (Å²) in [5.41, 5.74) is 4.45. The molecule has 5 rings (SSSR count). The number of rotatable bonds is 7. The molecule has 2 amide bonds. The summed E-state index contributed by atoms with van der Waals surface area (Å²) in [6.07, 6.45) is 5.69. The van der Waals surface area contributed by atoms with Crippen LogP contribution in [0.15, 0.2) is 24.5 Å². The fourth-order valence-corrected chi connectivity index (χ4v) is 4.95. The standard InChI is InChI=1S/C26H37N7O3/c1-20-23(17-22(19-28-20)30-26(34)33-6-2-3-7-33)21-16-24(32-11-13-35-14-12-32)25(29-18-21)36-15-10-31-8-4-27-5-9-31/h16-19,27H,2-15H2,1H3,(H,30,34). The van der Waals surface area contributed by atoms with Crippen LogP contribution < -0.4 is 20.3 Å². The zero-order valence-electron chi connectivity index (χ0n) is 21.2. The number of hydrogen-bond acceptors (Lipinski definition) is 8. The van der Waals surface area contributed by atoms with E-state index in [1.165, 1.54) is 0 Å². The normalized spacial score (nSPS) is 18.9. The monoisotopic (exact) mass is 495 g/mol. The highest BCUT2D eigenvalue weighted by Gasteiger charge is 2.21. The first kappa shape index (κ1) is 24.7. The zero-order chi connectivity index (χ0) is 24.7. The number of aryl methyl sites for hydroxylation is 1. The van der Waals surface area contributed by atoms with E-state index in [2.05, 4.69) is 31.5 Å². The van der Waals surface area contributed by atoms with E-state index in [4.69, 9.17) is 14.5 Å². The van der Waals surface area contributed by atoms with Gasteiger partial charge in [-0.25, -0.2) is 9.78 Å². The van der Waals surface area contributed by atoms with Crippen LogP contribution >= 0.6 is 0 Å². The Hall–Kier alpha value is -2.95. The highest BCUT2D eigenvalue weighted by Crippen LogP contribution is 2.34. The van der Waals surface area contributed by atoms with Gasteiger partial charge in [0.25, 0.3) is 0 Å². The van der Waals surface area contributed by atoms with Crippen molar-refractivity contribution in [2.24, 2.45) is 0 Å². The van der Waals surface area contributed by atoms with Gasteiger partial charge >= 0.3 is 6.03 Å². The molecule has 0 aromatic carbocycles. The second-order valence-electron chi connectivity index (χ2n) is 9.57. The average molecular weight is 496 g/mol. The van der Waals surface area contributed by atoms with E-state index in [0.717, 1.165) is 94.3 Å². The summed E-state index contributed by atoms with van der Waals surface area (Å²) in [6, 6.07) is 4.06. The summed E-state index contributed by atoms with van der Waals surface area (Å²) < 4.78 is 11.8. The molecule has 0 radical (unpaired) electrons. The van der Waals surface area contributed by atoms with Gasteiger partial charge in [-0.05, 0) is 31.9 Å². The fraction of sp³-hybridized carbons (Fsp3) is 0.577. The number of nitrogens with one attached hydrogen (secondary N) is 2. The molecule has 0 aliphatic carbocycles. The molecule has 3 aliphatic rings. The topological polar surface area (TPSA) is 95.1 Å². The molecular formula is C26H37N7O3. The number of nitrogens with zero attached hydrogens (tertiary/aromatic N) is 5. The molecule has 0 atom stereocenters. The fourth-order valence-electron chi connectivity index (χ4n) is 4.95. The first-order valence-electron chi connectivity index (χ1n) is 13.1. The van der Waals surface area contributed by atoms with Crippen LogP contribution in [0.3, 0.4) is 0 Å². The Labute approximate surface area is 213 Å². The molecule has 36 heavy (non-hydrogen) atoms.